The van der Waals surface area contributed by atoms with Crippen LogP contribution < -0.4 is 9.64 Å². The van der Waals surface area contributed by atoms with Crippen LogP contribution in [0.1, 0.15) is 31.4 Å². The predicted molar refractivity (Wildman–Crippen MR) is 113 cm³/mol. The van der Waals surface area contributed by atoms with Crippen LogP contribution in [-0.2, 0) is 12.8 Å². The summed E-state index contributed by atoms with van der Waals surface area (Å²) in [5, 5.41) is 0.974. The first-order chi connectivity index (χ1) is 14.3. The first-order valence-electron chi connectivity index (χ1n) is 10.2. The highest BCUT2D eigenvalue weighted by Crippen LogP contribution is 2.31. The van der Waals surface area contributed by atoms with E-state index in [9.17, 15) is 13.2 Å². The number of piperidine rings is 1. The van der Waals surface area contributed by atoms with E-state index in [1.807, 2.05) is 30.3 Å². The lowest BCUT2D eigenvalue weighted by Gasteiger charge is -2.35. The zero-order chi connectivity index (χ0) is 21.3. The second-order valence-electron chi connectivity index (χ2n) is 8.33. The predicted octanol–water partition coefficient (Wildman–Crippen LogP) is 6.31. The Balaban J connectivity index is 1.55. The Hall–Kier alpha value is -2.76. The minimum Gasteiger partial charge on any atom is -0.487 e. The fourth-order valence-electron chi connectivity index (χ4n) is 4.20. The van der Waals surface area contributed by atoms with Gasteiger partial charge in [-0.1, -0.05) is 38.1 Å². The van der Waals surface area contributed by atoms with E-state index in [1.54, 1.807) is 0 Å². The molecule has 2 atom stereocenters. The first kappa shape index (κ1) is 20.5. The number of rotatable bonds is 4. The molecule has 6 heteroatoms. The van der Waals surface area contributed by atoms with Gasteiger partial charge in [-0.25, -0.2) is 4.98 Å². The van der Waals surface area contributed by atoms with E-state index < -0.39 is 11.7 Å². The van der Waals surface area contributed by atoms with E-state index in [-0.39, 0.29) is 6.61 Å². The summed E-state index contributed by atoms with van der Waals surface area (Å²) in [6.07, 6.45) is -3.11. The van der Waals surface area contributed by atoms with Gasteiger partial charge in [0.2, 0.25) is 0 Å². The van der Waals surface area contributed by atoms with Crippen molar-refractivity contribution in [3.63, 3.8) is 0 Å². The van der Waals surface area contributed by atoms with Crippen molar-refractivity contribution in [3.8, 4) is 5.75 Å². The number of aromatic nitrogens is 1. The Labute approximate surface area is 174 Å². The summed E-state index contributed by atoms with van der Waals surface area (Å²) in [4.78, 5) is 7.20. The summed E-state index contributed by atoms with van der Waals surface area (Å²) < 4.78 is 44.2. The van der Waals surface area contributed by atoms with Crippen LogP contribution in [0.25, 0.3) is 10.9 Å². The fourth-order valence-corrected chi connectivity index (χ4v) is 4.20. The van der Waals surface area contributed by atoms with Crippen molar-refractivity contribution in [2.75, 3.05) is 18.0 Å². The maximum Gasteiger partial charge on any atom is 0.416 e. The van der Waals surface area contributed by atoms with Crippen LogP contribution in [0.2, 0.25) is 0 Å². The Morgan fingerprint density at radius 3 is 2.33 bits per heavy atom. The number of hydrogen-bond acceptors (Lipinski definition) is 3. The number of ether oxygens (including phenoxy) is 1. The van der Waals surface area contributed by atoms with E-state index >= 15 is 0 Å². The Morgan fingerprint density at radius 2 is 1.67 bits per heavy atom. The van der Waals surface area contributed by atoms with Crippen LogP contribution in [0.15, 0.2) is 54.6 Å². The molecule has 0 N–H and O–H groups in total. The molecule has 0 radical (unpaired) electrons. The number of benzene rings is 2. The van der Waals surface area contributed by atoms with Crippen molar-refractivity contribution in [3.05, 3.63) is 65.7 Å². The molecule has 2 unspecified atom stereocenters. The third-order valence-corrected chi connectivity index (χ3v) is 5.54. The second-order valence-corrected chi connectivity index (χ2v) is 8.33. The molecule has 1 fully saturated rings. The van der Waals surface area contributed by atoms with Gasteiger partial charge in [0.25, 0.3) is 0 Å². The molecule has 3 nitrogen and oxygen atoms in total. The van der Waals surface area contributed by atoms with Gasteiger partial charge in [0.1, 0.15) is 23.7 Å². The molecule has 158 valence electrons. The molecule has 1 aliphatic rings. The number of hydrogen-bond donors (Lipinski definition) is 0. The van der Waals surface area contributed by atoms with Gasteiger partial charge in [-0.3, -0.25) is 0 Å². The van der Waals surface area contributed by atoms with E-state index in [0.717, 1.165) is 41.9 Å². The third-order valence-electron chi connectivity index (χ3n) is 5.54. The van der Waals surface area contributed by atoms with Gasteiger partial charge < -0.3 is 9.64 Å². The van der Waals surface area contributed by atoms with Crippen molar-refractivity contribution in [1.29, 1.82) is 0 Å². The van der Waals surface area contributed by atoms with Crippen LogP contribution in [0.3, 0.4) is 0 Å². The van der Waals surface area contributed by atoms with Gasteiger partial charge in [0, 0.05) is 18.5 Å². The monoisotopic (exact) mass is 414 g/mol. The highest BCUT2D eigenvalue weighted by Gasteiger charge is 2.30. The van der Waals surface area contributed by atoms with Crippen molar-refractivity contribution in [2.24, 2.45) is 11.8 Å². The van der Waals surface area contributed by atoms with Crippen molar-refractivity contribution in [2.45, 2.75) is 33.1 Å². The number of halogens is 3. The molecule has 0 spiro atoms. The van der Waals surface area contributed by atoms with Crippen LogP contribution in [0.4, 0.5) is 19.0 Å². The van der Waals surface area contributed by atoms with E-state index in [1.165, 1.54) is 18.6 Å². The summed E-state index contributed by atoms with van der Waals surface area (Å²) in [6, 6.07) is 14.9. The zero-order valence-electron chi connectivity index (χ0n) is 17.1. The summed E-state index contributed by atoms with van der Waals surface area (Å²) >= 11 is 0. The minimum absolute atomic E-state index is 0.181. The first-order valence-corrected chi connectivity index (χ1v) is 10.2. The van der Waals surface area contributed by atoms with Crippen LogP contribution in [0, 0.1) is 11.8 Å². The lowest BCUT2D eigenvalue weighted by molar-refractivity contribution is -0.137. The highest BCUT2D eigenvalue weighted by atomic mass is 19.4. The Bertz CT molecular complexity index is 1010. The number of fused-ring (bicyclic) bond motifs is 1. The maximum atomic E-state index is 12.7. The second kappa shape index (κ2) is 8.17. The zero-order valence-corrected chi connectivity index (χ0v) is 17.1. The molecular weight excluding hydrogens is 389 g/mol. The molecule has 3 aromatic rings. The average Bonchev–Trinajstić information content (AvgIpc) is 2.71. The maximum absolute atomic E-state index is 12.7. The van der Waals surface area contributed by atoms with Gasteiger partial charge in [-0.05, 0) is 54.2 Å². The summed E-state index contributed by atoms with van der Waals surface area (Å²) in [7, 11) is 0. The molecule has 0 aliphatic carbocycles. The van der Waals surface area contributed by atoms with Crippen LogP contribution in [-0.4, -0.2) is 18.1 Å². The summed E-state index contributed by atoms with van der Waals surface area (Å²) in [5.41, 5.74) is 0.787. The third kappa shape index (κ3) is 4.53. The SMILES string of the molecule is CC1CC(C)CN(c2ccc3cccc(OCc4ccc(C(F)(F)F)cc4)c3n2)C1. The van der Waals surface area contributed by atoms with Gasteiger partial charge in [-0.2, -0.15) is 13.2 Å². The largest absolute Gasteiger partial charge is 0.487 e. The average molecular weight is 414 g/mol. The van der Waals surface area contributed by atoms with Crippen molar-refractivity contribution >= 4 is 16.7 Å². The van der Waals surface area contributed by atoms with Crippen molar-refractivity contribution < 1.29 is 17.9 Å². The number of nitrogens with zero attached hydrogens (tertiary/aromatic N) is 2. The summed E-state index contributed by atoms with van der Waals surface area (Å²) in [5.74, 6) is 2.81. The van der Waals surface area contributed by atoms with E-state index in [2.05, 4.69) is 18.7 Å². The molecule has 1 aromatic heterocycles. The quantitative estimate of drug-likeness (QED) is 0.500. The molecule has 0 bridgehead atoms. The summed E-state index contributed by atoms with van der Waals surface area (Å²) in [6.45, 7) is 6.68. The molecule has 2 aromatic carbocycles. The smallest absolute Gasteiger partial charge is 0.416 e. The lowest BCUT2D eigenvalue weighted by Crippen LogP contribution is -2.39. The number of para-hydroxylation sites is 1. The van der Waals surface area contributed by atoms with Gasteiger partial charge in [0.15, 0.2) is 0 Å². The van der Waals surface area contributed by atoms with E-state index in [4.69, 9.17) is 9.72 Å². The van der Waals surface area contributed by atoms with Gasteiger partial charge >= 0.3 is 6.18 Å². The Morgan fingerprint density at radius 1 is 0.967 bits per heavy atom. The normalized spacial score (nSPS) is 19.8. The minimum atomic E-state index is -4.33. The molecule has 1 aliphatic heterocycles. The molecule has 0 amide bonds. The lowest BCUT2D eigenvalue weighted by atomic mass is 9.92. The molecule has 30 heavy (non-hydrogen) atoms. The molecule has 1 saturated heterocycles. The van der Waals surface area contributed by atoms with Gasteiger partial charge in [-0.15, -0.1) is 0 Å². The van der Waals surface area contributed by atoms with Crippen LogP contribution >= 0.6 is 0 Å². The number of pyridine rings is 1. The fraction of sp³-hybridized carbons (Fsp3) is 0.375. The topological polar surface area (TPSA) is 25.4 Å². The van der Waals surface area contributed by atoms with Gasteiger partial charge in [0.05, 0.1) is 5.56 Å². The number of anilines is 1. The van der Waals surface area contributed by atoms with E-state index in [0.29, 0.717) is 23.1 Å². The molecule has 4 rings (SSSR count). The molecular formula is C24H25F3N2O. The highest BCUT2D eigenvalue weighted by molar-refractivity contribution is 5.86. The van der Waals surface area contributed by atoms with Crippen LogP contribution in [0.5, 0.6) is 5.75 Å². The molecule has 0 saturated carbocycles. The Kier molecular flexibility index (Phi) is 5.58. The van der Waals surface area contributed by atoms with Crippen molar-refractivity contribution in [1.82, 2.24) is 4.98 Å². The number of alkyl halides is 3. The molecule has 2 heterocycles. The standard InChI is InChI=1S/C24H25F3N2O/c1-16-12-17(2)14-29(13-16)22-11-8-19-4-3-5-21(23(19)28-22)30-15-18-6-9-20(10-7-18)24(25,26)27/h3-11,16-17H,12-15H2,1-2H3.